The van der Waals surface area contributed by atoms with E-state index < -0.39 is 5.97 Å². The predicted octanol–water partition coefficient (Wildman–Crippen LogP) is 3.14. The molecule has 0 saturated carbocycles. The topological polar surface area (TPSA) is 68.3 Å². The first-order valence-electron chi connectivity index (χ1n) is 7.97. The van der Waals surface area contributed by atoms with Gasteiger partial charge in [0.2, 0.25) is 0 Å². The van der Waals surface area contributed by atoms with Gasteiger partial charge in [0.05, 0.1) is 11.6 Å². The molecule has 0 unspecified atom stereocenters. The Balaban J connectivity index is 1.92. The number of nitrogens with one attached hydrogen (secondary N) is 1. The number of rotatable bonds is 7. The van der Waals surface area contributed by atoms with Crippen molar-refractivity contribution in [1.29, 1.82) is 0 Å². The summed E-state index contributed by atoms with van der Waals surface area (Å²) in [5.74, 6) is -0.450. The molecule has 1 aromatic carbocycles. The van der Waals surface area contributed by atoms with Gasteiger partial charge in [-0.15, -0.1) is 0 Å². The highest BCUT2D eigenvalue weighted by Gasteiger charge is 2.17. The second kappa shape index (κ2) is 8.82. The van der Waals surface area contributed by atoms with Gasteiger partial charge >= 0.3 is 5.97 Å². The Hall–Kier alpha value is -2.69. The number of benzene rings is 1. The van der Waals surface area contributed by atoms with Gasteiger partial charge in [-0.3, -0.25) is 9.78 Å². The molecule has 0 fully saturated rings. The van der Waals surface area contributed by atoms with Gasteiger partial charge in [-0.2, -0.15) is 0 Å². The molecule has 0 saturated heterocycles. The maximum absolute atomic E-state index is 12.1. The largest absolute Gasteiger partial charge is 0.452 e. The third-order valence-electron chi connectivity index (χ3n) is 3.48. The summed E-state index contributed by atoms with van der Waals surface area (Å²) in [6.45, 7) is 3.89. The molecule has 0 bridgehead atoms. The number of aromatic nitrogens is 1. The van der Waals surface area contributed by atoms with Crippen molar-refractivity contribution in [2.75, 3.05) is 6.61 Å². The normalized spacial score (nSPS) is 11.8. The molecule has 2 aromatic rings. The summed E-state index contributed by atoms with van der Waals surface area (Å²) in [7, 11) is 0. The van der Waals surface area contributed by atoms with E-state index in [2.05, 4.69) is 24.1 Å². The van der Waals surface area contributed by atoms with Gasteiger partial charge in [0.15, 0.2) is 6.61 Å². The molecule has 1 aromatic heterocycles. The number of amides is 1. The number of hydrogen-bond acceptors (Lipinski definition) is 4. The molecule has 0 aliphatic heterocycles. The van der Waals surface area contributed by atoms with Crippen LogP contribution in [0.5, 0.6) is 0 Å². The highest BCUT2D eigenvalue weighted by atomic mass is 16.5. The second-order valence-corrected chi connectivity index (χ2v) is 5.98. The van der Waals surface area contributed by atoms with E-state index in [1.165, 1.54) is 6.20 Å². The number of hydrogen-bond donors (Lipinski definition) is 1. The van der Waals surface area contributed by atoms with Gasteiger partial charge in [0.1, 0.15) is 0 Å². The van der Waals surface area contributed by atoms with E-state index in [-0.39, 0.29) is 18.6 Å². The van der Waals surface area contributed by atoms with Gasteiger partial charge in [-0.05, 0) is 30.0 Å². The molecular weight excluding hydrogens is 304 g/mol. The molecule has 1 N–H and O–H groups in total. The zero-order chi connectivity index (χ0) is 17.4. The Labute approximate surface area is 142 Å². The van der Waals surface area contributed by atoms with E-state index in [1.807, 2.05) is 30.3 Å². The third-order valence-corrected chi connectivity index (χ3v) is 3.48. The highest BCUT2D eigenvalue weighted by Crippen LogP contribution is 2.20. The standard InChI is InChI=1S/C19H22N2O3/c1-14(2)11-17(15-7-4-3-5-8-15)21-18(22)13-24-19(23)16-9-6-10-20-12-16/h3-10,12,14,17H,11,13H2,1-2H3,(H,21,22)/t17-/m1/s1. The average molecular weight is 326 g/mol. The van der Waals surface area contributed by atoms with Gasteiger partial charge in [-0.25, -0.2) is 4.79 Å². The average Bonchev–Trinajstić information content (AvgIpc) is 2.60. The zero-order valence-corrected chi connectivity index (χ0v) is 13.9. The molecule has 24 heavy (non-hydrogen) atoms. The molecular formula is C19H22N2O3. The predicted molar refractivity (Wildman–Crippen MR) is 91.3 cm³/mol. The fourth-order valence-corrected chi connectivity index (χ4v) is 2.37. The summed E-state index contributed by atoms with van der Waals surface area (Å²) < 4.78 is 5.04. The van der Waals surface area contributed by atoms with Crippen LogP contribution < -0.4 is 5.32 Å². The van der Waals surface area contributed by atoms with Gasteiger partial charge in [-0.1, -0.05) is 44.2 Å². The molecule has 2 rings (SSSR count). The number of pyridine rings is 1. The third kappa shape index (κ3) is 5.50. The SMILES string of the molecule is CC(C)C[C@@H](NC(=O)COC(=O)c1cccnc1)c1ccccc1. The molecule has 1 amide bonds. The Morgan fingerprint density at radius 2 is 1.88 bits per heavy atom. The number of nitrogens with zero attached hydrogens (tertiary/aromatic N) is 1. The lowest BCUT2D eigenvalue weighted by molar-refractivity contribution is -0.125. The molecule has 1 heterocycles. The van der Waals surface area contributed by atoms with Gasteiger partial charge < -0.3 is 10.1 Å². The van der Waals surface area contributed by atoms with Gasteiger partial charge in [0, 0.05) is 12.4 Å². The number of carbonyl (C=O) groups is 2. The summed E-state index contributed by atoms with van der Waals surface area (Å²) >= 11 is 0. The van der Waals surface area contributed by atoms with Gasteiger partial charge in [0.25, 0.3) is 5.91 Å². The van der Waals surface area contributed by atoms with Crippen LogP contribution in [0.2, 0.25) is 0 Å². The first-order chi connectivity index (χ1) is 11.6. The fraction of sp³-hybridized carbons (Fsp3) is 0.316. The van der Waals surface area contributed by atoms with Crippen molar-refractivity contribution in [3.8, 4) is 0 Å². The quantitative estimate of drug-likeness (QED) is 0.794. The van der Waals surface area contributed by atoms with Crippen molar-refractivity contribution < 1.29 is 14.3 Å². The van der Waals surface area contributed by atoms with Crippen LogP contribution in [0, 0.1) is 5.92 Å². The monoisotopic (exact) mass is 326 g/mol. The van der Waals surface area contributed by atoms with Crippen LogP contribution in [0.15, 0.2) is 54.9 Å². The van der Waals surface area contributed by atoms with Crippen LogP contribution in [0.4, 0.5) is 0 Å². The molecule has 1 atom stereocenters. The van der Waals surface area contributed by atoms with E-state index in [4.69, 9.17) is 4.74 Å². The molecule has 0 radical (unpaired) electrons. The first kappa shape index (κ1) is 17.7. The molecule has 126 valence electrons. The molecule has 0 aliphatic carbocycles. The molecule has 5 nitrogen and oxygen atoms in total. The van der Waals surface area contributed by atoms with E-state index in [0.717, 1.165) is 12.0 Å². The Kier molecular flexibility index (Phi) is 6.49. The van der Waals surface area contributed by atoms with Crippen molar-refractivity contribution in [2.45, 2.75) is 26.3 Å². The van der Waals surface area contributed by atoms with Crippen molar-refractivity contribution in [2.24, 2.45) is 5.92 Å². The van der Waals surface area contributed by atoms with Crippen LogP contribution in [0.3, 0.4) is 0 Å². The van der Waals surface area contributed by atoms with Crippen molar-refractivity contribution >= 4 is 11.9 Å². The van der Waals surface area contributed by atoms with Crippen LogP contribution in [0.1, 0.15) is 42.2 Å². The van der Waals surface area contributed by atoms with E-state index in [9.17, 15) is 9.59 Å². The summed E-state index contributed by atoms with van der Waals surface area (Å²) in [6.07, 6.45) is 3.79. The number of esters is 1. The fourth-order valence-electron chi connectivity index (χ4n) is 2.37. The van der Waals surface area contributed by atoms with E-state index >= 15 is 0 Å². The van der Waals surface area contributed by atoms with Crippen molar-refractivity contribution in [3.63, 3.8) is 0 Å². The lowest BCUT2D eigenvalue weighted by Crippen LogP contribution is -2.33. The Bertz CT molecular complexity index is 657. The molecule has 5 heteroatoms. The number of ether oxygens (including phenoxy) is 1. The minimum atomic E-state index is -0.557. The van der Waals surface area contributed by atoms with E-state index in [1.54, 1.807) is 18.3 Å². The van der Waals surface area contributed by atoms with E-state index in [0.29, 0.717) is 11.5 Å². The zero-order valence-electron chi connectivity index (χ0n) is 13.9. The highest BCUT2D eigenvalue weighted by molar-refractivity contribution is 5.90. The summed E-state index contributed by atoms with van der Waals surface area (Å²) in [6, 6.07) is 12.9. The summed E-state index contributed by atoms with van der Waals surface area (Å²) in [4.78, 5) is 27.8. The van der Waals surface area contributed by atoms with Crippen molar-refractivity contribution in [3.05, 3.63) is 66.0 Å². The van der Waals surface area contributed by atoms with Crippen molar-refractivity contribution in [1.82, 2.24) is 10.3 Å². The lowest BCUT2D eigenvalue weighted by Gasteiger charge is -2.21. The summed E-state index contributed by atoms with van der Waals surface area (Å²) in [5, 5.41) is 2.94. The Morgan fingerprint density at radius 3 is 2.50 bits per heavy atom. The minimum absolute atomic E-state index is 0.101. The van der Waals surface area contributed by atoms with Crippen LogP contribution in [0.25, 0.3) is 0 Å². The Morgan fingerprint density at radius 1 is 1.12 bits per heavy atom. The maximum atomic E-state index is 12.1. The van der Waals surface area contributed by atoms with Crippen LogP contribution >= 0.6 is 0 Å². The smallest absolute Gasteiger partial charge is 0.340 e. The second-order valence-electron chi connectivity index (χ2n) is 5.98. The molecule has 0 spiro atoms. The summed E-state index contributed by atoms with van der Waals surface area (Å²) in [5.41, 5.74) is 1.37. The van der Waals surface area contributed by atoms with Crippen LogP contribution in [-0.4, -0.2) is 23.5 Å². The first-order valence-corrected chi connectivity index (χ1v) is 7.97. The minimum Gasteiger partial charge on any atom is -0.452 e. The molecule has 0 aliphatic rings. The van der Waals surface area contributed by atoms with Crippen LogP contribution in [-0.2, 0) is 9.53 Å². The maximum Gasteiger partial charge on any atom is 0.340 e. The number of carbonyl (C=O) groups excluding carboxylic acids is 2. The lowest BCUT2D eigenvalue weighted by atomic mass is 9.97.